The number of rotatable bonds is 3. The Bertz CT molecular complexity index is 1300. The molecular formula is C20H19N3O6. The molecule has 0 saturated carbocycles. The molecule has 0 atom stereocenters. The van der Waals surface area contributed by atoms with Crippen LogP contribution in [0.4, 0.5) is 5.69 Å². The number of fused-ring (bicyclic) bond motifs is 5. The fourth-order valence-electron chi connectivity index (χ4n) is 3.57. The van der Waals surface area contributed by atoms with Gasteiger partial charge in [-0.3, -0.25) is 15.0 Å². The van der Waals surface area contributed by atoms with Crippen LogP contribution in [0.15, 0.2) is 54.9 Å². The number of benzene rings is 1. The Labute approximate surface area is 164 Å². The van der Waals surface area contributed by atoms with Crippen LogP contribution in [0.3, 0.4) is 0 Å². The van der Waals surface area contributed by atoms with E-state index in [0.29, 0.717) is 35.6 Å². The minimum absolute atomic E-state index is 0.150. The molecule has 1 aliphatic heterocycles. The zero-order valence-corrected chi connectivity index (χ0v) is 16.0. The first-order chi connectivity index (χ1) is 13.8. The van der Waals surface area contributed by atoms with E-state index in [0.717, 1.165) is 24.3 Å². The van der Waals surface area contributed by atoms with Gasteiger partial charge in [-0.2, -0.15) is 4.57 Å². The first-order valence-electron chi connectivity index (χ1n) is 9.23. The predicted molar refractivity (Wildman–Crippen MR) is 107 cm³/mol. The molecule has 2 aromatic heterocycles. The van der Waals surface area contributed by atoms with Crippen LogP contribution in [0.1, 0.15) is 26.0 Å². The molecule has 29 heavy (non-hydrogen) atoms. The highest BCUT2D eigenvalue weighted by Gasteiger charge is 2.24. The topological polar surface area (TPSA) is 111 Å². The summed E-state index contributed by atoms with van der Waals surface area (Å²) in [6.45, 7) is 5.69. The van der Waals surface area contributed by atoms with Crippen molar-refractivity contribution in [3.05, 3.63) is 73.1 Å². The van der Waals surface area contributed by atoms with Gasteiger partial charge in [-0.05, 0) is 31.9 Å². The first kappa shape index (κ1) is 18.9. The highest BCUT2D eigenvalue weighted by atomic mass is 16.6. The highest BCUT2D eigenvalue weighted by molar-refractivity contribution is 6.01. The largest absolute Gasteiger partial charge is 0.420 e. The molecule has 0 radical (unpaired) electrons. The molecule has 0 fully saturated rings. The van der Waals surface area contributed by atoms with Crippen LogP contribution in [-0.4, -0.2) is 33.5 Å². The molecule has 1 aliphatic rings. The monoisotopic (exact) mass is 397 g/mol. The van der Waals surface area contributed by atoms with Crippen molar-refractivity contribution in [2.75, 3.05) is 13.1 Å². The van der Waals surface area contributed by atoms with Crippen molar-refractivity contribution < 1.29 is 13.9 Å². The molecular weight excluding hydrogens is 378 g/mol. The Balaban J connectivity index is 2.11. The minimum atomic E-state index is -0.754. The average Bonchev–Trinajstić information content (AvgIpc) is 3.01. The van der Waals surface area contributed by atoms with Crippen molar-refractivity contribution in [2.45, 2.75) is 26.3 Å². The zero-order chi connectivity index (χ0) is 20.7. The number of nitro groups is 1. The van der Waals surface area contributed by atoms with Crippen LogP contribution in [0.2, 0.25) is 0 Å². The lowest BCUT2D eigenvalue weighted by Crippen LogP contribution is -2.34. The average molecular weight is 397 g/mol. The molecule has 9 heteroatoms. The van der Waals surface area contributed by atoms with E-state index < -0.39 is 16.2 Å². The first-order valence-corrected chi connectivity index (χ1v) is 9.23. The van der Waals surface area contributed by atoms with Gasteiger partial charge in [0.15, 0.2) is 5.58 Å². The lowest BCUT2D eigenvalue weighted by molar-refractivity contribution is -0.384. The van der Waals surface area contributed by atoms with E-state index in [2.05, 4.69) is 18.7 Å². The van der Waals surface area contributed by atoms with Gasteiger partial charge in [-0.15, -0.1) is 0 Å². The van der Waals surface area contributed by atoms with Crippen LogP contribution in [0.5, 0.6) is 0 Å². The molecule has 0 saturated heterocycles. The fourth-order valence-corrected chi connectivity index (χ4v) is 3.57. The van der Waals surface area contributed by atoms with E-state index in [9.17, 15) is 19.7 Å². The standard InChI is InChI=1S/C20H19N3O6/c1-12(2)21-9-7-13(8-10-21)19-20-15-11-14(23(26)27)3-4-16(15)22(19)29-18(25)6-5-17(24)28-20/h3-7,11-12H,8-10H2,1-2H3. The van der Waals surface area contributed by atoms with Gasteiger partial charge in [0, 0.05) is 43.4 Å². The second kappa shape index (κ2) is 7.17. The molecule has 150 valence electrons. The maximum atomic E-state index is 12.2. The van der Waals surface area contributed by atoms with E-state index in [1.807, 2.05) is 6.08 Å². The number of nitrogens with zero attached hydrogens (tertiary/aromatic N) is 3. The molecule has 0 unspecified atom stereocenters. The Morgan fingerprint density at radius 3 is 2.55 bits per heavy atom. The summed E-state index contributed by atoms with van der Waals surface area (Å²) in [4.78, 5) is 37.3. The summed E-state index contributed by atoms with van der Waals surface area (Å²) in [5.74, 6) is 0. The normalized spacial score (nSPS) is 15.1. The smallest absolute Gasteiger partial charge is 0.356 e. The van der Waals surface area contributed by atoms with Crippen LogP contribution >= 0.6 is 0 Å². The number of hydrogen-bond acceptors (Lipinski definition) is 7. The lowest BCUT2D eigenvalue weighted by Gasteiger charge is -2.29. The van der Waals surface area contributed by atoms with Gasteiger partial charge in [0.2, 0.25) is 0 Å². The van der Waals surface area contributed by atoms with Gasteiger partial charge in [0.1, 0.15) is 5.69 Å². The molecule has 2 bridgehead atoms. The third-order valence-corrected chi connectivity index (χ3v) is 5.09. The van der Waals surface area contributed by atoms with Gasteiger partial charge in [-0.25, -0.2) is 9.59 Å². The van der Waals surface area contributed by atoms with Crippen molar-refractivity contribution in [2.24, 2.45) is 0 Å². The summed E-state index contributed by atoms with van der Waals surface area (Å²) in [6.07, 6.45) is 2.64. The molecule has 0 spiro atoms. The van der Waals surface area contributed by atoms with E-state index in [1.54, 1.807) is 0 Å². The molecule has 4 rings (SSSR count). The highest BCUT2D eigenvalue weighted by Crippen LogP contribution is 2.34. The van der Waals surface area contributed by atoms with Crippen molar-refractivity contribution in [1.29, 1.82) is 0 Å². The van der Waals surface area contributed by atoms with Gasteiger partial charge in [0.25, 0.3) is 5.69 Å². The SMILES string of the molecule is CC(C)N1CC=C(c2c3oc(=O)ccc(=O)on2c2ccc([N+](=O)[O-])cc32)CC1. The van der Waals surface area contributed by atoms with E-state index in [1.165, 1.54) is 22.8 Å². The van der Waals surface area contributed by atoms with Crippen molar-refractivity contribution >= 4 is 27.7 Å². The summed E-state index contributed by atoms with van der Waals surface area (Å²) in [5, 5.41) is 11.6. The van der Waals surface area contributed by atoms with Crippen molar-refractivity contribution in [1.82, 2.24) is 9.47 Å². The van der Waals surface area contributed by atoms with Crippen molar-refractivity contribution in [3.8, 4) is 0 Å². The van der Waals surface area contributed by atoms with Crippen LogP contribution in [-0.2, 0) is 0 Å². The summed E-state index contributed by atoms with van der Waals surface area (Å²) in [7, 11) is 0. The Morgan fingerprint density at radius 2 is 1.90 bits per heavy atom. The Hall–Kier alpha value is -3.46. The van der Waals surface area contributed by atoms with E-state index in [-0.39, 0.29) is 11.3 Å². The van der Waals surface area contributed by atoms with Crippen LogP contribution in [0.25, 0.3) is 22.1 Å². The molecule has 9 nitrogen and oxygen atoms in total. The maximum absolute atomic E-state index is 12.2. The minimum Gasteiger partial charge on any atom is -0.420 e. The van der Waals surface area contributed by atoms with Crippen LogP contribution < -0.4 is 11.3 Å². The fraction of sp³-hybridized carbons (Fsp3) is 0.300. The maximum Gasteiger partial charge on any atom is 0.356 e. The number of non-ortho nitro benzene ring substituents is 1. The van der Waals surface area contributed by atoms with E-state index in [4.69, 9.17) is 8.94 Å². The number of nitro benzene ring substituents is 1. The molecule has 3 heterocycles. The van der Waals surface area contributed by atoms with Crippen molar-refractivity contribution in [3.63, 3.8) is 0 Å². The Morgan fingerprint density at radius 1 is 1.14 bits per heavy atom. The Kier molecular flexibility index (Phi) is 4.67. The number of hydrogen-bond donors (Lipinski definition) is 0. The van der Waals surface area contributed by atoms with Gasteiger partial charge >= 0.3 is 11.3 Å². The summed E-state index contributed by atoms with van der Waals surface area (Å²) in [6, 6.07) is 6.46. The second-order valence-corrected chi connectivity index (χ2v) is 7.16. The molecule has 1 aromatic carbocycles. The van der Waals surface area contributed by atoms with Gasteiger partial charge < -0.3 is 8.94 Å². The quantitative estimate of drug-likeness (QED) is 0.493. The second-order valence-electron chi connectivity index (χ2n) is 7.16. The molecule has 3 aromatic rings. The molecule has 0 N–H and O–H groups in total. The summed E-state index contributed by atoms with van der Waals surface area (Å²) < 4.78 is 12.3. The predicted octanol–water partition coefficient (Wildman–Crippen LogP) is 2.97. The molecule has 0 aliphatic carbocycles. The number of aromatic nitrogens is 1. The third-order valence-electron chi connectivity index (χ3n) is 5.09. The van der Waals surface area contributed by atoms with Gasteiger partial charge in [0.05, 0.1) is 15.8 Å². The third kappa shape index (κ3) is 3.40. The van der Waals surface area contributed by atoms with Crippen LogP contribution in [0, 0.1) is 10.1 Å². The lowest BCUT2D eigenvalue weighted by atomic mass is 10.0. The molecule has 0 amide bonds. The van der Waals surface area contributed by atoms with E-state index >= 15 is 0 Å². The summed E-state index contributed by atoms with van der Waals surface area (Å²) >= 11 is 0. The van der Waals surface area contributed by atoms with Gasteiger partial charge in [-0.1, -0.05) is 6.08 Å². The summed E-state index contributed by atoms with van der Waals surface area (Å²) in [5.41, 5.74) is 0.179. The zero-order valence-electron chi connectivity index (χ0n) is 16.0.